The van der Waals surface area contributed by atoms with Crippen LogP contribution in [0.5, 0.6) is 0 Å². The van der Waals surface area contributed by atoms with Crippen molar-refractivity contribution < 1.29 is 4.79 Å². The van der Waals surface area contributed by atoms with Crippen LogP contribution < -0.4 is 5.32 Å². The van der Waals surface area contributed by atoms with Crippen molar-refractivity contribution >= 4 is 21.8 Å². The van der Waals surface area contributed by atoms with Gasteiger partial charge in [-0.1, -0.05) is 0 Å². The molecule has 1 aromatic heterocycles. The van der Waals surface area contributed by atoms with E-state index in [1.54, 1.807) is 0 Å². The molecule has 4 aliphatic carbocycles. The number of aryl methyl sites for hydroxylation is 2. The number of hydrogen-bond acceptors (Lipinski definition) is 2. The van der Waals surface area contributed by atoms with E-state index in [2.05, 4.69) is 26.3 Å². The number of nitrogens with one attached hydrogen (secondary N) is 1. The van der Waals surface area contributed by atoms with Gasteiger partial charge in [0.25, 0.3) is 0 Å². The number of rotatable bonds is 4. The Morgan fingerprint density at radius 3 is 2.45 bits per heavy atom. The number of carbonyl (C=O) groups excluding carboxylic acids is 1. The van der Waals surface area contributed by atoms with Gasteiger partial charge >= 0.3 is 0 Å². The van der Waals surface area contributed by atoms with Gasteiger partial charge in [-0.05, 0) is 78.6 Å². The van der Waals surface area contributed by atoms with Crippen molar-refractivity contribution in [2.75, 3.05) is 0 Å². The van der Waals surface area contributed by atoms with Gasteiger partial charge in [-0.15, -0.1) is 0 Å². The summed E-state index contributed by atoms with van der Waals surface area (Å²) in [7, 11) is 0. The molecule has 0 aromatic carbocycles. The highest BCUT2D eigenvalue weighted by Gasteiger charge is 2.48. The molecule has 1 aromatic rings. The number of hydrogen-bond donors (Lipinski definition) is 1. The summed E-state index contributed by atoms with van der Waals surface area (Å²) in [6.07, 6.45) is 9.34. The lowest BCUT2D eigenvalue weighted by Gasteiger charge is -2.54. The van der Waals surface area contributed by atoms with E-state index >= 15 is 0 Å². The molecule has 1 N–H and O–H groups in total. The predicted octanol–water partition coefficient (Wildman–Crippen LogP) is 3.29. The molecule has 0 spiro atoms. The first-order valence-corrected chi connectivity index (χ1v) is 9.36. The fourth-order valence-corrected chi connectivity index (χ4v) is 5.56. The van der Waals surface area contributed by atoms with Gasteiger partial charge in [0, 0.05) is 25.2 Å². The van der Waals surface area contributed by atoms with Crippen LogP contribution >= 0.6 is 15.9 Å². The molecule has 1 amide bonds. The van der Waals surface area contributed by atoms with Crippen LogP contribution in [0.3, 0.4) is 0 Å². The molecule has 0 unspecified atom stereocenters. The first-order valence-electron chi connectivity index (χ1n) is 8.57. The Bertz CT molecular complexity index is 535. The molecule has 4 saturated carbocycles. The lowest BCUT2D eigenvalue weighted by molar-refractivity contribution is -0.125. The summed E-state index contributed by atoms with van der Waals surface area (Å²) in [5.74, 6) is 3.62. The largest absolute Gasteiger partial charge is 0.353 e. The molecule has 22 heavy (non-hydrogen) atoms. The molecule has 0 saturated heterocycles. The molecule has 5 heteroatoms. The maximum absolute atomic E-state index is 12.3. The molecule has 5 rings (SSSR count). The minimum atomic E-state index is 0.196. The van der Waals surface area contributed by atoms with E-state index < -0.39 is 0 Å². The van der Waals surface area contributed by atoms with Gasteiger partial charge in [0.1, 0.15) is 0 Å². The summed E-state index contributed by atoms with van der Waals surface area (Å²) in [6.45, 7) is 2.63. The van der Waals surface area contributed by atoms with Crippen LogP contribution in [0.2, 0.25) is 0 Å². The van der Waals surface area contributed by atoms with Gasteiger partial charge in [-0.25, -0.2) is 0 Å². The molecular formula is C17H24BrN3O. The van der Waals surface area contributed by atoms with Crippen molar-refractivity contribution in [1.29, 1.82) is 0 Å². The van der Waals surface area contributed by atoms with Gasteiger partial charge in [-0.2, -0.15) is 5.10 Å². The van der Waals surface area contributed by atoms with Crippen LogP contribution in [-0.4, -0.2) is 21.7 Å². The highest BCUT2D eigenvalue weighted by molar-refractivity contribution is 9.10. The van der Waals surface area contributed by atoms with Crippen LogP contribution in [0.25, 0.3) is 0 Å². The summed E-state index contributed by atoms with van der Waals surface area (Å²) < 4.78 is 2.87. The zero-order valence-corrected chi connectivity index (χ0v) is 14.7. The Balaban J connectivity index is 1.32. The monoisotopic (exact) mass is 365 g/mol. The van der Waals surface area contributed by atoms with Crippen molar-refractivity contribution in [2.24, 2.45) is 23.7 Å². The number of amides is 1. The van der Waals surface area contributed by atoms with E-state index in [-0.39, 0.29) is 5.91 Å². The molecular weight excluding hydrogens is 342 g/mol. The number of nitrogens with zero attached hydrogens (tertiary/aromatic N) is 2. The van der Waals surface area contributed by atoms with E-state index in [9.17, 15) is 4.79 Å². The highest BCUT2D eigenvalue weighted by atomic mass is 79.9. The van der Waals surface area contributed by atoms with Crippen molar-refractivity contribution in [3.8, 4) is 0 Å². The third kappa shape index (κ3) is 2.72. The van der Waals surface area contributed by atoms with Crippen molar-refractivity contribution in [3.05, 3.63) is 16.4 Å². The van der Waals surface area contributed by atoms with Crippen LogP contribution in [-0.2, 0) is 11.3 Å². The topological polar surface area (TPSA) is 46.9 Å². The van der Waals surface area contributed by atoms with Crippen LogP contribution in [0.15, 0.2) is 10.7 Å². The molecule has 0 atom stereocenters. The zero-order valence-electron chi connectivity index (χ0n) is 13.1. The fraction of sp³-hybridized carbons (Fsp3) is 0.765. The summed E-state index contributed by atoms with van der Waals surface area (Å²) >= 11 is 3.46. The third-order valence-corrected chi connectivity index (χ3v) is 6.79. The van der Waals surface area contributed by atoms with Gasteiger partial charge in [-0.3, -0.25) is 9.48 Å². The molecule has 120 valence electrons. The van der Waals surface area contributed by atoms with E-state index in [0.29, 0.717) is 19.0 Å². The normalized spacial score (nSPS) is 35.8. The quantitative estimate of drug-likeness (QED) is 0.889. The number of halogens is 1. The van der Waals surface area contributed by atoms with Crippen molar-refractivity contribution in [1.82, 2.24) is 15.1 Å². The first kappa shape index (κ1) is 14.7. The summed E-state index contributed by atoms with van der Waals surface area (Å²) in [5, 5.41) is 7.75. The Hall–Kier alpha value is -0.840. The molecule has 4 aliphatic rings. The second-order valence-electron chi connectivity index (χ2n) is 7.60. The molecule has 4 bridgehead atoms. The Labute approximate surface area is 140 Å². The average Bonchev–Trinajstić information content (AvgIpc) is 2.79. The van der Waals surface area contributed by atoms with Crippen molar-refractivity contribution in [3.63, 3.8) is 0 Å². The second-order valence-corrected chi connectivity index (χ2v) is 8.45. The minimum Gasteiger partial charge on any atom is -0.353 e. The third-order valence-electron chi connectivity index (χ3n) is 6.01. The van der Waals surface area contributed by atoms with Crippen LogP contribution in [0, 0.1) is 30.6 Å². The summed E-state index contributed by atoms with van der Waals surface area (Å²) in [4.78, 5) is 12.3. The Morgan fingerprint density at radius 2 is 1.91 bits per heavy atom. The molecule has 4 fully saturated rings. The lowest BCUT2D eigenvalue weighted by Crippen LogP contribution is -2.55. The standard InChI is InChI=1S/C17H24BrN3O/c1-10-15(18)9-21(20-10)3-2-16(22)19-17-13-5-11-4-12(7-13)8-14(17)6-11/h9,11-14,17H,2-8H2,1H3,(H,19,22). The minimum absolute atomic E-state index is 0.196. The van der Waals surface area contributed by atoms with Gasteiger partial charge in [0.05, 0.1) is 10.2 Å². The molecule has 0 radical (unpaired) electrons. The summed E-state index contributed by atoms with van der Waals surface area (Å²) in [5.41, 5.74) is 0.974. The smallest absolute Gasteiger partial charge is 0.222 e. The average molecular weight is 366 g/mol. The first-order chi connectivity index (χ1) is 10.6. The zero-order chi connectivity index (χ0) is 15.3. The predicted molar refractivity (Wildman–Crippen MR) is 88.3 cm³/mol. The maximum atomic E-state index is 12.3. The van der Waals surface area contributed by atoms with E-state index in [4.69, 9.17) is 0 Å². The molecule has 0 aliphatic heterocycles. The van der Waals surface area contributed by atoms with Crippen molar-refractivity contribution in [2.45, 2.75) is 58.0 Å². The highest BCUT2D eigenvalue weighted by Crippen LogP contribution is 2.53. The van der Waals surface area contributed by atoms with Gasteiger partial charge in [0.2, 0.25) is 5.91 Å². The van der Waals surface area contributed by atoms with E-state index in [1.165, 1.54) is 32.1 Å². The van der Waals surface area contributed by atoms with Gasteiger partial charge < -0.3 is 5.32 Å². The number of aromatic nitrogens is 2. The molecule has 4 nitrogen and oxygen atoms in total. The lowest BCUT2D eigenvalue weighted by atomic mass is 9.54. The Kier molecular flexibility index (Phi) is 3.79. The Morgan fingerprint density at radius 1 is 1.27 bits per heavy atom. The number of carbonyl (C=O) groups is 1. The van der Waals surface area contributed by atoms with Crippen LogP contribution in [0.1, 0.15) is 44.2 Å². The van der Waals surface area contributed by atoms with Gasteiger partial charge in [0.15, 0.2) is 0 Å². The molecule has 1 heterocycles. The second kappa shape index (κ2) is 5.66. The summed E-state index contributed by atoms with van der Waals surface area (Å²) in [6, 6.07) is 0.450. The maximum Gasteiger partial charge on any atom is 0.222 e. The van der Waals surface area contributed by atoms with E-state index in [0.717, 1.165) is 33.8 Å². The van der Waals surface area contributed by atoms with Crippen LogP contribution in [0.4, 0.5) is 0 Å². The fourth-order valence-electron chi connectivity index (χ4n) is 5.24. The van der Waals surface area contributed by atoms with E-state index in [1.807, 2.05) is 17.8 Å². The SMILES string of the molecule is Cc1nn(CCC(=O)NC2C3CC4CC(C3)CC2C4)cc1Br.